The zero-order valence-corrected chi connectivity index (χ0v) is 22.0. The van der Waals surface area contributed by atoms with Gasteiger partial charge in [-0.1, -0.05) is 49.4 Å². The molecule has 5 rings (SSSR count). The van der Waals surface area contributed by atoms with Gasteiger partial charge in [-0.15, -0.1) is 0 Å². The molecule has 194 valence electrons. The van der Waals surface area contributed by atoms with Gasteiger partial charge >= 0.3 is 5.97 Å². The van der Waals surface area contributed by atoms with E-state index in [1.54, 1.807) is 13.1 Å². The number of hydrogen-bond donors (Lipinski definition) is 1. The molecular weight excluding hydrogens is 476 g/mol. The minimum absolute atomic E-state index is 0.162. The molecule has 0 unspecified atom stereocenters. The number of nitrogen functional groups attached to an aromatic ring is 1. The highest BCUT2D eigenvalue weighted by atomic mass is 16.5. The topological polar surface area (TPSA) is 92.3 Å². The van der Waals surface area contributed by atoms with Crippen LogP contribution in [0, 0.1) is 0 Å². The highest BCUT2D eigenvalue weighted by Crippen LogP contribution is 2.34. The highest BCUT2D eigenvalue weighted by molar-refractivity contribution is 6.02. The molecule has 2 aromatic heterocycles. The van der Waals surface area contributed by atoms with Crippen molar-refractivity contribution in [3.05, 3.63) is 84.2 Å². The molecule has 0 fully saturated rings. The molecule has 0 radical (unpaired) electrons. The van der Waals surface area contributed by atoms with Crippen LogP contribution < -0.4 is 10.5 Å². The molecule has 0 amide bonds. The minimum Gasteiger partial charge on any atom is -0.487 e. The Bertz CT molecular complexity index is 1610. The Morgan fingerprint density at radius 1 is 1.00 bits per heavy atom. The number of nitrogens with zero attached hydrogens (tertiary/aromatic N) is 3. The van der Waals surface area contributed by atoms with Gasteiger partial charge in [0.25, 0.3) is 0 Å². The van der Waals surface area contributed by atoms with Crippen molar-refractivity contribution in [3.63, 3.8) is 0 Å². The van der Waals surface area contributed by atoms with Gasteiger partial charge in [-0.25, -0.2) is 4.98 Å². The standard InChI is InChI=1S/C31H32N4O3/c1-4-20(3)35-28-14-13-21(23-10-8-11-25-24(23)15-16-33-31(25)32)17-26(28)27(34-35)19-38-29-12-7-6-9-22(29)18-30(36)37-5-2/h6-17,20H,4-5,18-19H2,1-3H3,(H2,32,33)/t20-/m0/s1. The summed E-state index contributed by atoms with van der Waals surface area (Å²) in [6.45, 7) is 6.75. The quantitative estimate of drug-likeness (QED) is 0.229. The van der Waals surface area contributed by atoms with E-state index < -0.39 is 0 Å². The zero-order chi connectivity index (χ0) is 26.6. The van der Waals surface area contributed by atoms with Crippen LogP contribution >= 0.6 is 0 Å². The molecule has 0 saturated heterocycles. The van der Waals surface area contributed by atoms with Crippen LogP contribution in [0.4, 0.5) is 5.82 Å². The van der Waals surface area contributed by atoms with Crippen molar-refractivity contribution in [1.29, 1.82) is 0 Å². The number of para-hydroxylation sites is 1. The zero-order valence-electron chi connectivity index (χ0n) is 22.0. The first-order valence-corrected chi connectivity index (χ1v) is 13.0. The van der Waals surface area contributed by atoms with E-state index in [2.05, 4.69) is 47.8 Å². The molecule has 38 heavy (non-hydrogen) atoms. The van der Waals surface area contributed by atoms with Crippen LogP contribution in [0.2, 0.25) is 0 Å². The molecule has 1 atom stereocenters. The second-order valence-corrected chi connectivity index (χ2v) is 9.36. The van der Waals surface area contributed by atoms with Crippen LogP contribution in [0.25, 0.3) is 32.8 Å². The van der Waals surface area contributed by atoms with Gasteiger partial charge in [0.15, 0.2) is 0 Å². The van der Waals surface area contributed by atoms with Crippen LogP contribution in [0.15, 0.2) is 72.9 Å². The van der Waals surface area contributed by atoms with Crippen LogP contribution in [-0.2, 0) is 22.6 Å². The summed E-state index contributed by atoms with van der Waals surface area (Å²) in [7, 11) is 0. The number of ether oxygens (including phenoxy) is 2. The van der Waals surface area contributed by atoms with Gasteiger partial charge in [-0.05, 0) is 61.0 Å². The lowest BCUT2D eigenvalue weighted by Gasteiger charge is -2.11. The summed E-state index contributed by atoms with van der Waals surface area (Å²) < 4.78 is 13.5. The second kappa shape index (κ2) is 10.9. The Morgan fingerprint density at radius 2 is 1.84 bits per heavy atom. The van der Waals surface area contributed by atoms with E-state index in [1.165, 1.54) is 0 Å². The predicted octanol–water partition coefficient (Wildman–Crippen LogP) is 6.49. The number of carbonyl (C=O) groups is 1. The maximum absolute atomic E-state index is 12.1. The van der Waals surface area contributed by atoms with Crippen molar-refractivity contribution in [2.75, 3.05) is 12.3 Å². The van der Waals surface area contributed by atoms with Gasteiger partial charge in [-0.2, -0.15) is 5.10 Å². The van der Waals surface area contributed by atoms with E-state index in [4.69, 9.17) is 20.3 Å². The number of rotatable bonds is 9. The van der Waals surface area contributed by atoms with Crippen molar-refractivity contribution >= 4 is 33.5 Å². The number of carbonyl (C=O) groups excluding carboxylic acids is 1. The Balaban J connectivity index is 1.54. The molecular formula is C31H32N4O3. The predicted molar refractivity (Wildman–Crippen MR) is 151 cm³/mol. The molecule has 0 aliphatic heterocycles. The summed E-state index contributed by atoms with van der Waals surface area (Å²) >= 11 is 0. The van der Waals surface area contributed by atoms with Gasteiger partial charge in [0, 0.05) is 28.6 Å². The third-order valence-corrected chi connectivity index (χ3v) is 6.92. The summed E-state index contributed by atoms with van der Waals surface area (Å²) in [4.78, 5) is 16.4. The van der Waals surface area contributed by atoms with E-state index in [1.807, 2.05) is 42.5 Å². The maximum Gasteiger partial charge on any atom is 0.310 e. The summed E-state index contributed by atoms with van der Waals surface area (Å²) in [6.07, 6.45) is 2.86. The second-order valence-electron chi connectivity index (χ2n) is 9.36. The molecule has 2 heterocycles. The van der Waals surface area contributed by atoms with Crippen LogP contribution in [-0.4, -0.2) is 27.3 Å². The van der Waals surface area contributed by atoms with Crippen molar-refractivity contribution in [1.82, 2.24) is 14.8 Å². The highest BCUT2D eigenvalue weighted by Gasteiger charge is 2.17. The first kappa shape index (κ1) is 25.3. The summed E-state index contributed by atoms with van der Waals surface area (Å²) in [5.41, 5.74) is 11.0. The van der Waals surface area contributed by atoms with Crippen LogP contribution in [0.5, 0.6) is 5.75 Å². The Kier molecular flexibility index (Phi) is 7.26. The fourth-order valence-electron chi connectivity index (χ4n) is 4.77. The van der Waals surface area contributed by atoms with Gasteiger partial charge in [0.1, 0.15) is 23.9 Å². The third kappa shape index (κ3) is 4.92. The van der Waals surface area contributed by atoms with E-state index in [-0.39, 0.29) is 25.0 Å². The van der Waals surface area contributed by atoms with Crippen LogP contribution in [0.1, 0.15) is 44.5 Å². The van der Waals surface area contributed by atoms with Crippen molar-refractivity contribution < 1.29 is 14.3 Å². The van der Waals surface area contributed by atoms with E-state index >= 15 is 0 Å². The van der Waals surface area contributed by atoms with E-state index in [0.717, 1.165) is 50.5 Å². The van der Waals surface area contributed by atoms with Gasteiger partial charge in [0.2, 0.25) is 0 Å². The number of hydrogen-bond acceptors (Lipinski definition) is 6. The molecule has 0 bridgehead atoms. The lowest BCUT2D eigenvalue weighted by atomic mass is 9.97. The number of pyridine rings is 1. The molecule has 0 spiro atoms. The Morgan fingerprint density at radius 3 is 2.66 bits per heavy atom. The average Bonchev–Trinajstić information content (AvgIpc) is 3.30. The number of nitrogens with two attached hydrogens (primary N) is 1. The molecule has 0 saturated carbocycles. The Hall–Kier alpha value is -4.39. The Labute approximate surface area is 222 Å². The summed E-state index contributed by atoms with van der Waals surface area (Å²) in [6, 6.07) is 22.3. The first-order chi connectivity index (χ1) is 18.5. The molecule has 7 nitrogen and oxygen atoms in total. The number of anilines is 1. The van der Waals surface area contributed by atoms with Gasteiger partial charge in [-0.3, -0.25) is 9.48 Å². The number of fused-ring (bicyclic) bond motifs is 2. The monoisotopic (exact) mass is 508 g/mol. The molecule has 3 aromatic carbocycles. The lowest BCUT2D eigenvalue weighted by Crippen LogP contribution is -2.09. The largest absolute Gasteiger partial charge is 0.487 e. The van der Waals surface area contributed by atoms with Crippen molar-refractivity contribution in [2.45, 2.75) is 46.3 Å². The molecule has 0 aliphatic rings. The normalized spacial score (nSPS) is 12.1. The van der Waals surface area contributed by atoms with Gasteiger partial charge in [0.05, 0.1) is 18.5 Å². The molecule has 5 aromatic rings. The molecule has 7 heteroatoms. The van der Waals surface area contributed by atoms with Crippen molar-refractivity contribution in [2.24, 2.45) is 0 Å². The fraction of sp³-hybridized carbons (Fsp3) is 0.258. The number of benzene rings is 3. The third-order valence-electron chi connectivity index (χ3n) is 6.92. The average molecular weight is 509 g/mol. The maximum atomic E-state index is 12.1. The molecule has 2 N–H and O–H groups in total. The summed E-state index contributed by atoms with van der Waals surface area (Å²) in [5.74, 6) is 0.899. The van der Waals surface area contributed by atoms with E-state index in [0.29, 0.717) is 18.2 Å². The lowest BCUT2D eigenvalue weighted by molar-refractivity contribution is -0.142. The summed E-state index contributed by atoms with van der Waals surface area (Å²) in [5, 5.41) is 8.00. The number of aromatic nitrogens is 3. The first-order valence-electron chi connectivity index (χ1n) is 13.0. The smallest absolute Gasteiger partial charge is 0.310 e. The fourth-order valence-corrected chi connectivity index (χ4v) is 4.77. The SMILES string of the molecule is CCOC(=O)Cc1ccccc1OCc1nn([C@@H](C)CC)c2ccc(-c3cccc4c(N)nccc34)cc12. The number of esters is 1. The van der Waals surface area contributed by atoms with E-state index in [9.17, 15) is 4.79 Å². The minimum atomic E-state index is -0.273. The van der Waals surface area contributed by atoms with Gasteiger partial charge < -0.3 is 15.2 Å². The molecule has 0 aliphatic carbocycles. The van der Waals surface area contributed by atoms with Crippen molar-refractivity contribution in [3.8, 4) is 16.9 Å². The van der Waals surface area contributed by atoms with Crippen LogP contribution in [0.3, 0.4) is 0 Å².